The smallest absolute Gasteiger partial charge is 0.0396 e. The molecule has 1 fully saturated rings. The van der Waals surface area contributed by atoms with Crippen molar-refractivity contribution >= 4 is 11.3 Å². The lowest BCUT2D eigenvalue weighted by molar-refractivity contribution is 0.162. The molecule has 0 spiro atoms. The van der Waals surface area contributed by atoms with E-state index in [4.69, 9.17) is 5.73 Å². The summed E-state index contributed by atoms with van der Waals surface area (Å²) in [6, 6.07) is 6.03. The van der Waals surface area contributed by atoms with E-state index in [0.29, 0.717) is 18.6 Å². The number of rotatable bonds is 8. The molecule has 3 nitrogen and oxygen atoms in total. The average Bonchev–Trinajstić information content (AvgIpc) is 3.22. The lowest BCUT2D eigenvalue weighted by Gasteiger charge is -2.36. The molecule has 1 saturated carbocycles. The van der Waals surface area contributed by atoms with Crippen LogP contribution in [-0.4, -0.2) is 30.1 Å². The standard InChI is InChI=1S/C25H41N3/c1-5-20(6-2)19(4)28-13-11-21(12-14-28)22-15-18(3)24(17-26)25(16-22)27-23-9-7-8-10-23/h11,15-16,19-20,23,27H,5-10,12-14,17,26H2,1-4H3. The minimum atomic E-state index is 0.612. The molecule has 1 aromatic carbocycles. The van der Waals surface area contributed by atoms with Crippen molar-refractivity contribution in [3.8, 4) is 0 Å². The van der Waals surface area contributed by atoms with Crippen LogP contribution in [0.2, 0.25) is 0 Å². The summed E-state index contributed by atoms with van der Waals surface area (Å²) in [7, 11) is 0. The lowest BCUT2D eigenvalue weighted by Crippen LogP contribution is -2.40. The van der Waals surface area contributed by atoms with Gasteiger partial charge in [0.25, 0.3) is 0 Å². The second-order valence-electron chi connectivity index (χ2n) is 8.94. The summed E-state index contributed by atoms with van der Waals surface area (Å²) >= 11 is 0. The third kappa shape index (κ3) is 4.80. The Labute approximate surface area is 172 Å². The van der Waals surface area contributed by atoms with Gasteiger partial charge in [-0.15, -0.1) is 0 Å². The Bertz CT molecular complexity index is 669. The number of aryl methyl sites for hydroxylation is 1. The first kappa shape index (κ1) is 21.4. The van der Waals surface area contributed by atoms with Crippen LogP contribution in [-0.2, 0) is 6.54 Å². The van der Waals surface area contributed by atoms with E-state index in [1.807, 2.05) is 0 Å². The van der Waals surface area contributed by atoms with E-state index in [1.165, 1.54) is 73.0 Å². The quantitative estimate of drug-likeness (QED) is 0.603. The van der Waals surface area contributed by atoms with Crippen LogP contribution in [0.4, 0.5) is 5.69 Å². The maximum absolute atomic E-state index is 6.10. The second-order valence-corrected chi connectivity index (χ2v) is 8.94. The molecule has 1 aliphatic carbocycles. The van der Waals surface area contributed by atoms with Gasteiger partial charge < -0.3 is 11.1 Å². The number of benzene rings is 1. The summed E-state index contributed by atoms with van der Waals surface area (Å²) in [5, 5.41) is 3.82. The zero-order valence-corrected chi connectivity index (χ0v) is 18.6. The Morgan fingerprint density at radius 1 is 1.18 bits per heavy atom. The van der Waals surface area contributed by atoms with E-state index in [0.717, 1.165) is 18.9 Å². The van der Waals surface area contributed by atoms with Gasteiger partial charge >= 0.3 is 0 Å². The van der Waals surface area contributed by atoms with E-state index >= 15 is 0 Å². The van der Waals surface area contributed by atoms with Crippen LogP contribution in [0.15, 0.2) is 18.2 Å². The van der Waals surface area contributed by atoms with Gasteiger partial charge in [0.15, 0.2) is 0 Å². The van der Waals surface area contributed by atoms with E-state index in [-0.39, 0.29) is 0 Å². The van der Waals surface area contributed by atoms with Gasteiger partial charge in [-0.1, -0.05) is 51.7 Å². The van der Waals surface area contributed by atoms with Gasteiger partial charge in [-0.2, -0.15) is 0 Å². The van der Waals surface area contributed by atoms with E-state index < -0.39 is 0 Å². The van der Waals surface area contributed by atoms with Crippen molar-refractivity contribution in [2.75, 3.05) is 18.4 Å². The summed E-state index contributed by atoms with van der Waals surface area (Å²) < 4.78 is 0. The van der Waals surface area contributed by atoms with Crippen LogP contribution in [0.1, 0.15) is 82.4 Å². The monoisotopic (exact) mass is 383 g/mol. The molecule has 3 heteroatoms. The lowest BCUT2D eigenvalue weighted by atomic mass is 9.91. The molecule has 2 aliphatic rings. The number of nitrogens with one attached hydrogen (secondary N) is 1. The molecule has 1 heterocycles. The highest BCUT2D eigenvalue weighted by Crippen LogP contribution is 2.32. The van der Waals surface area contributed by atoms with Gasteiger partial charge in [0.1, 0.15) is 0 Å². The molecule has 1 aliphatic heterocycles. The fraction of sp³-hybridized carbons (Fsp3) is 0.680. The molecule has 1 unspecified atom stereocenters. The SMILES string of the molecule is CCC(CC)C(C)N1CC=C(c2cc(C)c(CN)c(NC3CCCC3)c2)CC1. The Kier molecular flexibility index (Phi) is 7.59. The van der Waals surface area contributed by atoms with Crippen LogP contribution in [0.25, 0.3) is 5.57 Å². The Morgan fingerprint density at radius 2 is 1.89 bits per heavy atom. The number of anilines is 1. The molecule has 1 atom stereocenters. The Balaban J connectivity index is 1.77. The number of nitrogens with zero attached hydrogens (tertiary/aromatic N) is 1. The summed E-state index contributed by atoms with van der Waals surface area (Å²) in [5.74, 6) is 0.809. The molecule has 0 bridgehead atoms. The van der Waals surface area contributed by atoms with Gasteiger partial charge in [-0.25, -0.2) is 0 Å². The molecule has 0 saturated heterocycles. The molecule has 0 amide bonds. The Morgan fingerprint density at radius 3 is 2.46 bits per heavy atom. The van der Waals surface area contributed by atoms with Crippen molar-refractivity contribution < 1.29 is 0 Å². The molecule has 28 heavy (non-hydrogen) atoms. The summed E-state index contributed by atoms with van der Waals surface area (Å²) in [4.78, 5) is 2.67. The first-order valence-electron chi connectivity index (χ1n) is 11.6. The van der Waals surface area contributed by atoms with Crippen LogP contribution in [0.3, 0.4) is 0 Å². The maximum atomic E-state index is 6.10. The topological polar surface area (TPSA) is 41.3 Å². The zero-order valence-electron chi connectivity index (χ0n) is 18.6. The average molecular weight is 384 g/mol. The van der Waals surface area contributed by atoms with Gasteiger partial charge in [0, 0.05) is 37.4 Å². The zero-order chi connectivity index (χ0) is 20.1. The largest absolute Gasteiger partial charge is 0.382 e. The molecule has 156 valence electrons. The molecular formula is C25H41N3. The molecular weight excluding hydrogens is 342 g/mol. The Hall–Kier alpha value is -1.32. The van der Waals surface area contributed by atoms with Crippen molar-refractivity contribution in [3.05, 3.63) is 34.9 Å². The van der Waals surface area contributed by atoms with Crippen molar-refractivity contribution in [2.45, 2.75) is 91.3 Å². The third-order valence-corrected chi connectivity index (χ3v) is 7.31. The van der Waals surface area contributed by atoms with E-state index in [1.54, 1.807) is 0 Å². The minimum Gasteiger partial charge on any atom is -0.382 e. The second kappa shape index (κ2) is 9.93. The first-order chi connectivity index (χ1) is 13.6. The van der Waals surface area contributed by atoms with Crippen LogP contribution in [0, 0.1) is 12.8 Å². The highest BCUT2D eigenvalue weighted by atomic mass is 15.2. The predicted octanol–water partition coefficient (Wildman–Crippen LogP) is 5.72. The fourth-order valence-electron chi connectivity index (χ4n) is 5.28. The van der Waals surface area contributed by atoms with Crippen LogP contribution in [0.5, 0.6) is 0 Å². The molecule has 0 aromatic heterocycles. The van der Waals surface area contributed by atoms with Gasteiger partial charge in [0.2, 0.25) is 0 Å². The van der Waals surface area contributed by atoms with Crippen molar-refractivity contribution in [1.29, 1.82) is 0 Å². The summed E-state index contributed by atoms with van der Waals surface area (Å²) in [6.45, 7) is 12.2. The highest BCUT2D eigenvalue weighted by molar-refractivity contribution is 5.72. The number of hydrogen-bond donors (Lipinski definition) is 2. The normalized spacial score (nSPS) is 19.9. The predicted molar refractivity (Wildman–Crippen MR) is 123 cm³/mol. The van der Waals surface area contributed by atoms with Crippen molar-refractivity contribution in [2.24, 2.45) is 11.7 Å². The van der Waals surface area contributed by atoms with Gasteiger partial charge in [-0.05, 0) is 67.4 Å². The maximum Gasteiger partial charge on any atom is 0.0396 e. The molecule has 3 rings (SSSR count). The molecule has 3 N–H and O–H groups in total. The van der Waals surface area contributed by atoms with Gasteiger partial charge in [0.05, 0.1) is 0 Å². The molecule has 1 aromatic rings. The van der Waals surface area contributed by atoms with Crippen LogP contribution >= 0.6 is 0 Å². The minimum absolute atomic E-state index is 0.612. The highest BCUT2D eigenvalue weighted by Gasteiger charge is 2.24. The third-order valence-electron chi connectivity index (χ3n) is 7.31. The van der Waals surface area contributed by atoms with Crippen LogP contribution < -0.4 is 11.1 Å². The summed E-state index contributed by atoms with van der Waals surface area (Å²) in [6.07, 6.45) is 11.5. The van der Waals surface area contributed by atoms with Crippen molar-refractivity contribution in [3.63, 3.8) is 0 Å². The fourth-order valence-corrected chi connectivity index (χ4v) is 5.28. The first-order valence-corrected chi connectivity index (χ1v) is 11.6. The van der Waals surface area contributed by atoms with E-state index in [9.17, 15) is 0 Å². The summed E-state index contributed by atoms with van der Waals surface area (Å²) in [5.41, 5.74) is 12.9. The van der Waals surface area contributed by atoms with Gasteiger partial charge in [-0.3, -0.25) is 4.90 Å². The number of hydrogen-bond acceptors (Lipinski definition) is 3. The van der Waals surface area contributed by atoms with E-state index in [2.05, 4.69) is 56.1 Å². The number of nitrogens with two attached hydrogens (primary N) is 1. The van der Waals surface area contributed by atoms with Crippen molar-refractivity contribution in [1.82, 2.24) is 4.90 Å². The molecule has 0 radical (unpaired) electrons.